The number of rotatable bonds is 3. The van der Waals surface area contributed by atoms with Gasteiger partial charge in [0.15, 0.2) is 0 Å². The molecular formula is C25H27FN2O2. The van der Waals surface area contributed by atoms with E-state index in [2.05, 4.69) is 17.5 Å². The third kappa shape index (κ3) is 4.02. The fourth-order valence-corrected chi connectivity index (χ4v) is 4.70. The molecule has 2 aromatic rings. The summed E-state index contributed by atoms with van der Waals surface area (Å²) in [7, 11) is 0. The van der Waals surface area contributed by atoms with Gasteiger partial charge in [-0.05, 0) is 68.2 Å². The number of likely N-dealkylation sites (tertiary alicyclic amines) is 1. The van der Waals surface area contributed by atoms with Crippen molar-refractivity contribution in [1.82, 2.24) is 4.90 Å². The van der Waals surface area contributed by atoms with Crippen LogP contribution in [-0.4, -0.2) is 29.8 Å². The van der Waals surface area contributed by atoms with Gasteiger partial charge in [0.25, 0.3) is 11.8 Å². The molecule has 0 aromatic heterocycles. The summed E-state index contributed by atoms with van der Waals surface area (Å²) in [6, 6.07) is 11.3. The molecule has 2 aliphatic rings. The van der Waals surface area contributed by atoms with E-state index in [1.807, 2.05) is 24.0 Å². The Labute approximate surface area is 176 Å². The normalized spacial score (nSPS) is 20.9. The van der Waals surface area contributed by atoms with Crippen molar-refractivity contribution >= 4 is 17.5 Å². The number of piperidine rings is 1. The average molecular weight is 407 g/mol. The number of amides is 2. The largest absolute Gasteiger partial charge is 0.338 e. The SMILES string of the molecule is Cc1cccc(C(=O)N2CCCC3(CC=CCC3)C2)c1NC(=O)c1ccccc1F. The van der Waals surface area contributed by atoms with Gasteiger partial charge in [-0.15, -0.1) is 0 Å². The molecule has 1 unspecified atom stereocenters. The lowest BCUT2D eigenvalue weighted by Crippen LogP contribution is -2.46. The summed E-state index contributed by atoms with van der Waals surface area (Å²) in [6.45, 7) is 3.31. The molecule has 30 heavy (non-hydrogen) atoms. The molecule has 1 aliphatic carbocycles. The molecule has 0 bridgehead atoms. The van der Waals surface area contributed by atoms with Crippen LogP contribution in [0.25, 0.3) is 0 Å². The summed E-state index contributed by atoms with van der Waals surface area (Å²) in [5.41, 5.74) is 1.83. The van der Waals surface area contributed by atoms with Crippen LogP contribution in [0.3, 0.4) is 0 Å². The zero-order valence-corrected chi connectivity index (χ0v) is 17.3. The number of para-hydroxylation sites is 1. The second kappa shape index (κ2) is 8.42. The number of nitrogens with zero attached hydrogens (tertiary/aromatic N) is 1. The molecule has 2 aromatic carbocycles. The summed E-state index contributed by atoms with van der Waals surface area (Å²) >= 11 is 0. The van der Waals surface area contributed by atoms with Crippen molar-refractivity contribution in [3.63, 3.8) is 0 Å². The molecule has 0 saturated carbocycles. The molecule has 5 heteroatoms. The lowest BCUT2D eigenvalue weighted by Gasteiger charge is -2.44. The number of allylic oxidation sites excluding steroid dienone is 2. The Morgan fingerprint density at radius 3 is 2.60 bits per heavy atom. The van der Waals surface area contributed by atoms with Gasteiger partial charge in [0, 0.05) is 13.1 Å². The first-order chi connectivity index (χ1) is 14.5. The van der Waals surface area contributed by atoms with Gasteiger partial charge in [-0.2, -0.15) is 0 Å². The fourth-order valence-electron chi connectivity index (χ4n) is 4.70. The van der Waals surface area contributed by atoms with Crippen LogP contribution in [0.2, 0.25) is 0 Å². The number of nitrogens with one attached hydrogen (secondary N) is 1. The third-order valence-corrected chi connectivity index (χ3v) is 6.37. The van der Waals surface area contributed by atoms with Crippen molar-refractivity contribution in [2.75, 3.05) is 18.4 Å². The Balaban J connectivity index is 1.59. The monoisotopic (exact) mass is 406 g/mol. The van der Waals surface area contributed by atoms with Gasteiger partial charge in [-0.1, -0.05) is 36.4 Å². The minimum absolute atomic E-state index is 0.0370. The number of hydrogen-bond donors (Lipinski definition) is 1. The highest BCUT2D eigenvalue weighted by molar-refractivity contribution is 6.09. The van der Waals surface area contributed by atoms with E-state index < -0.39 is 11.7 Å². The minimum atomic E-state index is -0.584. The molecule has 1 fully saturated rings. The van der Waals surface area contributed by atoms with Crippen molar-refractivity contribution in [3.05, 3.63) is 77.1 Å². The van der Waals surface area contributed by atoms with Crippen LogP contribution in [0.5, 0.6) is 0 Å². The summed E-state index contributed by atoms with van der Waals surface area (Å²) in [5, 5.41) is 2.79. The van der Waals surface area contributed by atoms with Gasteiger partial charge in [-0.3, -0.25) is 9.59 Å². The zero-order valence-electron chi connectivity index (χ0n) is 17.3. The van der Waals surface area contributed by atoms with Crippen molar-refractivity contribution in [2.45, 2.75) is 39.0 Å². The summed E-state index contributed by atoms with van der Waals surface area (Å²) in [4.78, 5) is 28.1. The Kier molecular flexibility index (Phi) is 5.71. The molecule has 1 heterocycles. The van der Waals surface area contributed by atoms with Crippen molar-refractivity contribution in [3.8, 4) is 0 Å². The lowest BCUT2D eigenvalue weighted by molar-refractivity contribution is 0.0485. The van der Waals surface area contributed by atoms with Crippen LogP contribution in [-0.2, 0) is 0 Å². The van der Waals surface area contributed by atoms with Crippen LogP contribution in [0.15, 0.2) is 54.6 Å². The van der Waals surface area contributed by atoms with Gasteiger partial charge in [0.2, 0.25) is 0 Å². The number of benzene rings is 2. The van der Waals surface area contributed by atoms with E-state index >= 15 is 0 Å². The van der Waals surface area contributed by atoms with E-state index in [1.54, 1.807) is 18.2 Å². The number of hydrogen-bond acceptors (Lipinski definition) is 2. The molecule has 156 valence electrons. The first-order valence-corrected chi connectivity index (χ1v) is 10.6. The fraction of sp³-hybridized carbons (Fsp3) is 0.360. The molecule has 1 saturated heterocycles. The second-order valence-corrected chi connectivity index (χ2v) is 8.48. The van der Waals surface area contributed by atoms with Crippen LogP contribution in [0.1, 0.15) is 58.4 Å². The molecule has 2 amide bonds. The summed E-state index contributed by atoms with van der Waals surface area (Å²) in [5.74, 6) is -1.21. The van der Waals surface area contributed by atoms with E-state index in [9.17, 15) is 14.0 Å². The molecule has 0 radical (unpaired) electrons. The van der Waals surface area contributed by atoms with E-state index in [0.29, 0.717) is 11.3 Å². The predicted molar refractivity (Wildman–Crippen MR) is 116 cm³/mol. The number of halogens is 1. The predicted octanol–water partition coefficient (Wildman–Crippen LogP) is 5.35. The minimum Gasteiger partial charge on any atom is -0.338 e. The Morgan fingerprint density at radius 2 is 1.83 bits per heavy atom. The lowest BCUT2D eigenvalue weighted by atomic mass is 9.71. The van der Waals surface area contributed by atoms with Gasteiger partial charge in [0.1, 0.15) is 5.82 Å². The molecule has 1 atom stereocenters. The van der Waals surface area contributed by atoms with E-state index in [1.165, 1.54) is 12.1 Å². The Morgan fingerprint density at radius 1 is 1.03 bits per heavy atom. The van der Waals surface area contributed by atoms with Gasteiger partial charge < -0.3 is 10.2 Å². The van der Waals surface area contributed by atoms with E-state index in [0.717, 1.165) is 50.8 Å². The average Bonchev–Trinajstić information content (AvgIpc) is 2.75. The first-order valence-electron chi connectivity index (χ1n) is 10.6. The highest BCUT2D eigenvalue weighted by atomic mass is 19.1. The zero-order chi connectivity index (χ0) is 21.1. The quantitative estimate of drug-likeness (QED) is 0.699. The Hall–Kier alpha value is -2.95. The first kappa shape index (κ1) is 20.3. The van der Waals surface area contributed by atoms with Gasteiger partial charge >= 0.3 is 0 Å². The maximum Gasteiger partial charge on any atom is 0.258 e. The second-order valence-electron chi connectivity index (χ2n) is 8.48. The maximum atomic E-state index is 14.1. The topological polar surface area (TPSA) is 49.4 Å². The summed E-state index contributed by atoms with van der Waals surface area (Å²) < 4.78 is 14.1. The summed E-state index contributed by atoms with van der Waals surface area (Å²) in [6.07, 6.45) is 9.79. The highest BCUT2D eigenvalue weighted by Gasteiger charge is 2.37. The van der Waals surface area contributed by atoms with E-state index in [-0.39, 0.29) is 16.9 Å². The molecule has 1 spiro atoms. The third-order valence-electron chi connectivity index (χ3n) is 6.37. The van der Waals surface area contributed by atoms with E-state index in [4.69, 9.17) is 0 Å². The molecule has 1 N–H and O–H groups in total. The van der Waals surface area contributed by atoms with Gasteiger partial charge in [0.05, 0.1) is 16.8 Å². The van der Waals surface area contributed by atoms with Gasteiger partial charge in [-0.25, -0.2) is 4.39 Å². The van der Waals surface area contributed by atoms with Crippen LogP contribution >= 0.6 is 0 Å². The molecule has 1 aliphatic heterocycles. The maximum absolute atomic E-state index is 14.1. The standard InChI is InChI=1S/C25H27FN2O2/c1-18-9-7-11-20(22(18)27-23(29)19-10-3-4-12-21(19)26)24(30)28-16-8-15-25(17-28)13-5-2-6-14-25/h2-5,7,9-12H,6,8,13-17H2,1H3,(H,27,29). The number of carbonyl (C=O) groups excluding carboxylic acids is 2. The number of aryl methyl sites for hydroxylation is 1. The van der Waals surface area contributed by atoms with Crippen molar-refractivity contribution in [1.29, 1.82) is 0 Å². The van der Waals surface area contributed by atoms with Crippen molar-refractivity contribution in [2.24, 2.45) is 5.41 Å². The smallest absolute Gasteiger partial charge is 0.258 e. The molecular weight excluding hydrogens is 379 g/mol. The van der Waals surface area contributed by atoms with Crippen LogP contribution < -0.4 is 5.32 Å². The van der Waals surface area contributed by atoms with Crippen molar-refractivity contribution < 1.29 is 14.0 Å². The highest BCUT2D eigenvalue weighted by Crippen LogP contribution is 2.41. The number of anilines is 1. The number of carbonyl (C=O) groups is 2. The molecule has 4 nitrogen and oxygen atoms in total. The van der Waals surface area contributed by atoms with Crippen LogP contribution in [0, 0.1) is 18.2 Å². The Bertz CT molecular complexity index is 1000. The van der Waals surface area contributed by atoms with Crippen LogP contribution in [0.4, 0.5) is 10.1 Å². The molecule has 4 rings (SSSR count).